The average Bonchev–Trinajstić information content (AvgIpc) is 2.38. The molecule has 0 spiro atoms. The first kappa shape index (κ1) is 12.9. The quantitative estimate of drug-likeness (QED) is 0.800. The fourth-order valence-electron chi connectivity index (χ4n) is 1.68. The van der Waals surface area contributed by atoms with E-state index in [2.05, 4.69) is 0 Å². The van der Waals surface area contributed by atoms with Crippen LogP contribution in [0.1, 0.15) is 0 Å². The van der Waals surface area contributed by atoms with Crippen LogP contribution in [0.25, 0.3) is 0 Å². The summed E-state index contributed by atoms with van der Waals surface area (Å²) in [5, 5.41) is 0.409. The van der Waals surface area contributed by atoms with Crippen molar-refractivity contribution >= 4 is 18.0 Å². The molecule has 2 aromatic rings. The van der Waals surface area contributed by atoms with Crippen molar-refractivity contribution in [2.75, 3.05) is 7.11 Å². The van der Waals surface area contributed by atoms with Crippen LogP contribution in [0.3, 0.4) is 0 Å². The van der Waals surface area contributed by atoms with Crippen LogP contribution >= 0.6 is 7.37 Å². The molecule has 0 aromatic heterocycles. The molecule has 0 fully saturated rings. The van der Waals surface area contributed by atoms with Crippen molar-refractivity contribution in [1.82, 2.24) is 0 Å². The molecule has 0 heterocycles. The largest absolute Gasteiger partial charge is 0.325 e. The molecule has 0 amide bonds. The van der Waals surface area contributed by atoms with Crippen LogP contribution in [0.4, 0.5) is 8.78 Å². The minimum atomic E-state index is -3.44. The van der Waals surface area contributed by atoms with Gasteiger partial charge in [0.1, 0.15) is 11.6 Å². The molecule has 2 aromatic carbocycles. The van der Waals surface area contributed by atoms with Crippen LogP contribution in [-0.2, 0) is 9.09 Å². The molecule has 2 nitrogen and oxygen atoms in total. The highest BCUT2D eigenvalue weighted by Crippen LogP contribution is 2.43. The van der Waals surface area contributed by atoms with Crippen molar-refractivity contribution in [3.63, 3.8) is 0 Å². The maximum Gasteiger partial charge on any atom is 0.261 e. The molecule has 0 bridgehead atoms. The molecule has 5 heteroatoms. The van der Waals surface area contributed by atoms with Gasteiger partial charge in [-0.3, -0.25) is 4.57 Å². The van der Waals surface area contributed by atoms with Gasteiger partial charge >= 0.3 is 0 Å². The molecule has 0 unspecified atom stereocenters. The van der Waals surface area contributed by atoms with Gasteiger partial charge in [-0.1, -0.05) is 12.1 Å². The number of hydrogen-bond donors (Lipinski definition) is 0. The van der Waals surface area contributed by atoms with Crippen molar-refractivity contribution in [2.24, 2.45) is 0 Å². The first-order valence-corrected chi connectivity index (χ1v) is 6.87. The second-order valence-electron chi connectivity index (χ2n) is 3.69. The predicted molar refractivity (Wildman–Crippen MR) is 66.7 cm³/mol. The summed E-state index contributed by atoms with van der Waals surface area (Å²) in [6.07, 6.45) is 0. The first-order chi connectivity index (χ1) is 8.56. The summed E-state index contributed by atoms with van der Waals surface area (Å²) in [6.45, 7) is 0. The van der Waals surface area contributed by atoms with Gasteiger partial charge in [-0.05, 0) is 36.4 Å². The van der Waals surface area contributed by atoms with E-state index in [4.69, 9.17) is 4.52 Å². The van der Waals surface area contributed by atoms with Gasteiger partial charge in [0, 0.05) is 17.7 Å². The van der Waals surface area contributed by atoms with Crippen molar-refractivity contribution in [1.29, 1.82) is 0 Å². The SMILES string of the molecule is COP(=O)(c1cccc(F)c1)c1cccc(F)c1. The molecule has 2 rings (SSSR count). The molecule has 0 N–H and O–H groups in total. The highest BCUT2D eigenvalue weighted by atomic mass is 31.2. The van der Waals surface area contributed by atoms with Gasteiger partial charge in [0.05, 0.1) is 0 Å². The Kier molecular flexibility index (Phi) is 3.60. The zero-order valence-corrected chi connectivity index (χ0v) is 10.5. The lowest BCUT2D eigenvalue weighted by Crippen LogP contribution is -2.18. The highest BCUT2D eigenvalue weighted by molar-refractivity contribution is 7.74. The van der Waals surface area contributed by atoms with E-state index >= 15 is 0 Å². The Hall–Kier alpha value is -1.51. The standard InChI is InChI=1S/C13H11F2O2P/c1-17-18(16,12-6-2-4-10(14)8-12)13-7-3-5-11(15)9-13/h2-9H,1H3. The Labute approximate surface area is 104 Å². The van der Waals surface area contributed by atoms with Crippen LogP contribution in [0.2, 0.25) is 0 Å². The summed E-state index contributed by atoms with van der Waals surface area (Å²) >= 11 is 0. The van der Waals surface area contributed by atoms with E-state index in [1.54, 1.807) is 0 Å². The molecule has 0 atom stereocenters. The summed E-state index contributed by atoms with van der Waals surface area (Å²) < 4.78 is 44.1. The van der Waals surface area contributed by atoms with E-state index < -0.39 is 19.0 Å². The smallest absolute Gasteiger partial charge is 0.261 e. The van der Waals surface area contributed by atoms with E-state index in [1.807, 2.05) is 0 Å². The lowest BCUT2D eigenvalue weighted by molar-refractivity contribution is 0.412. The molecule has 18 heavy (non-hydrogen) atoms. The predicted octanol–water partition coefficient (Wildman–Crippen LogP) is 2.84. The molecule has 0 saturated heterocycles. The average molecular weight is 268 g/mol. The van der Waals surface area contributed by atoms with Gasteiger partial charge in [0.15, 0.2) is 0 Å². The van der Waals surface area contributed by atoms with E-state index in [9.17, 15) is 13.3 Å². The fourth-order valence-corrected chi connectivity index (χ4v) is 3.55. The zero-order valence-electron chi connectivity index (χ0n) is 9.64. The second kappa shape index (κ2) is 5.01. The lowest BCUT2D eigenvalue weighted by Gasteiger charge is -2.16. The monoisotopic (exact) mass is 268 g/mol. The van der Waals surface area contributed by atoms with Crippen molar-refractivity contribution in [3.8, 4) is 0 Å². The minimum absolute atomic E-state index is 0.204. The Balaban J connectivity index is 2.59. The summed E-state index contributed by atoms with van der Waals surface area (Å²) in [5.74, 6) is -1.03. The fraction of sp³-hybridized carbons (Fsp3) is 0.0769. The lowest BCUT2D eigenvalue weighted by atomic mass is 10.3. The van der Waals surface area contributed by atoms with Crippen molar-refractivity contribution < 1.29 is 17.9 Å². The Morgan fingerprint density at radius 1 is 0.944 bits per heavy atom. The van der Waals surface area contributed by atoms with Crippen LogP contribution in [0, 0.1) is 11.6 Å². The van der Waals surface area contributed by atoms with Crippen LogP contribution in [-0.4, -0.2) is 7.11 Å². The maximum atomic E-state index is 13.2. The van der Waals surface area contributed by atoms with Gasteiger partial charge in [-0.25, -0.2) is 8.78 Å². The molecule has 94 valence electrons. The summed E-state index contributed by atoms with van der Waals surface area (Å²) in [7, 11) is -2.18. The van der Waals surface area contributed by atoms with Crippen LogP contribution in [0.15, 0.2) is 48.5 Å². The van der Waals surface area contributed by atoms with Crippen LogP contribution < -0.4 is 10.6 Å². The Bertz CT molecular complexity index is 564. The zero-order chi connectivity index (χ0) is 13.2. The molecule has 0 radical (unpaired) electrons. The molecular formula is C13H11F2O2P. The molecule has 0 aliphatic carbocycles. The molecular weight excluding hydrogens is 257 g/mol. The van der Waals surface area contributed by atoms with Gasteiger partial charge in [-0.15, -0.1) is 0 Å². The van der Waals surface area contributed by atoms with E-state index in [1.165, 1.54) is 43.5 Å². The topological polar surface area (TPSA) is 26.3 Å². The highest BCUT2D eigenvalue weighted by Gasteiger charge is 2.27. The van der Waals surface area contributed by atoms with E-state index in [0.717, 1.165) is 12.1 Å². The maximum absolute atomic E-state index is 13.2. The summed E-state index contributed by atoms with van der Waals surface area (Å²) in [6, 6.07) is 10.6. The van der Waals surface area contributed by atoms with E-state index in [0.29, 0.717) is 0 Å². The molecule has 0 saturated carbocycles. The summed E-state index contributed by atoms with van der Waals surface area (Å²) in [5.41, 5.74) is 0. The third kappa shape index (κ3) is 2.35. The van der Waals surface area contributed by atoms with E-state index in [-0.39, 0.29) is 10.6 Å². The second-order valence-corrected chi connectivity index (χ2v) is 6.19. The molecule has 0 aliphatic heterocycles. The van der Waals surface area contributed by atoms with Gasteiger partial charge in [0.25, 0.3) is 7.37 Å². The number of hydrogen-bond acceptors (Lipinski definition) is 2. The Morgan fingerprint density at radius 3 is 1.72 bits per heavy atom. The van der Waals surface area contributed by atoms with Crippen LogP contribution in [0.5, 0.6) is 0 Å². The Morgan fingerprint density at radius 2 is 1.39 bits per heavy atom. The number of rotatable bonds is 3. The van der Waals surface area contributed by atoms with Gasteiger partial charge < -0.3 is 4.52 Å². The van der Waals surface area contributed by atoms with Gasteiger partial charge in [-0.2, -0.15) is 0 Å². The van der Waals surface area contributed by atoms with Crippen molar-refractivity contribution in [3.05, 3.63) is 60.2 Å². The molecule has 0 aliphatic rings. The van der Waals surface area contributed by atoms with Crippen molar-refractivity contribution in [2.45, 2.75) is 0 Å². The minimum Gasteiger partial charge on any atom is -0.325 e. The normalized spacial score (nSPS) is 11.5. The van der Waals surface area contributed by atoms with Gasteiger partial charge in [0.2, 0.25) is 0 Å². The number of halogens is 2. The third-order valence-corrected chi connectivity index (χ3v) is 4.98. The third-order valence-electron chi connectivity index (χ3n) is 2.55. The summed E-state index contributed by atoms with van der Waals surface area (Å²) in [4.78, 5) is 0. The number of benzene rings is 2. The first-order valence-electron chi connectivity index (χ1n) is 5.24.